The summed E-state index contributed by atoms with van der Waals surface area (Å²) in [7, 11) is 0. The minimum atomic E-state index is -0.460. The van der Waals surface area contributed by atoms with Crippen molar-refractivity contribution in [2.24, 2.45) is 0 Å². The van der Waals surface area contributed by atoms with E-state index in [0.717, 1.165) is 0 Å². The van der Waals surface area contributed by atoms with Gasteiger partial charge in [0.05, 0.1) is 5.56 Å². The largest absolute Gasteiger partial charge is 0.383 e. The summed E-state index contributed by atoms with van der Waals surface area (Å²) in [4.78, 5) is 18.7. The number of nitrogens with one attached hydrogen (secondary N) is 1. The van der Waals surface area contributed by atoms with E-state index in [1.165, 1.54) is 0 Å². The number of nitrogens with zero attached hydrogens (tertiary/aromatic N) is 1. The molecule has 0 amide bonds. The van der Waals surface area contributed by atoms with E-state index in [4.69, 9.17) is 15.2 Å². The number of hydrogen-bond donors (Lipinski definition) is 2. The van der Waals surface area contributed by atoms with Gasteiger partial charge in [0, 0.05) is 26.1 Å². The number of hydrogen-bond acceptors (Lipinski definition) is 5. The summed E-state index contributed by atoms with van der Waals surface area (Å²) in [6, 6.07) is 0. The van der Waals surface area contributed by atoms with Crippen LogP contribution in [0.2, 0.25) is 0 Å². The Hall–Kier alpha value is -1.40. The predicted octanol–water partition coefficient (Wildman–Crippen LogP) is 0.856. The number of rotatable bonds is 7. The Morgan fingerprint density at radius 2 is 1.89 bits per heavy atom. The van der Waals surface area contributed by atoms with E-state index >= 15 is 0 Å². The fourth-order valence-electron chi connectivity index (χ4n) is 1.63. The van der Waals surface area contributed by atoms with Gasteiger partial charge in [0.2, 0.25) is 0 Å². The molecule has 0 bridgehead atoms. The second kappa shape index (κ2) is 7.13. The van der Waals surface area contributed by atoms with Gasteiger partial charge in [-0.2, -0.15) is 0 Å². The third-order valence-electron chi connectivity index (χ3n) is 2.51. The molecule has 1 rings (SSSR count). The molecule has 6 heteroatoms. The molecule has 6 nitrogen and oxygen atoms in total. The summed E-state index contributed by atoms with van der Waals surface area (Å²) in [5.41, 5.74) is 5.99. The van der Waals surface area contributed by atoms with E-state index in [2.05, 4.69) is 9.97 Å². The third-order valence-corrected chi connectivity index (χ3v) is 2.51. The van der Waals surface area contributed by atoms with Crippen molar-refractivity contribution in [3.05, 3.63) is 21.7 Å². The molecule has 18 heavy (non-hydrogen) atoms. The van der Waals surface area contributed by atoms with Gasteiger partial charge in [0.1, 0.15) is 11.6 Å². The van der Waals surface area contributed by atoms with Crippen molar-refractivity contribution >= 4 is 5.82 Å². The lowest BCUT2D eigenvalue weighted by Gasteiger charge is -2.17. The highest BCUT2D eigenvalue weighted by molar-refractivity contribution is 5.37. The van der Waals surface area contributed by atoms with Gasteiger partial charge in [-0.05, 0) is 13.8 Å². The van der Waals surface area contributed by atoms with Gasteiger partial charge in [0.15, 0.2) is 6.29 Å². The number of nitrogens with two attached hydrogens (primary N) is 1. The predicted molar refractivity (Wildman–Crippen MR) is 69.4 cm³/mol. The Labute approximate surface area is 107 Å². The van der Waals surface area contributed by atoms with E-state index in [0.29, 0.717) is 37.4 Å². The van der Waals surface area contributed by atoms with Gasteiger partial charge < -0.3 is 20.2 Å². The first kappa shape index (κ1) is 14.7. The summed E-state index contributed by atoms with van der Waals surface area (Å²) in [5.74, 6) is 0.839. The normalized spacial score (nSPS) is 11.1. The number of aromatic amines is 1. The van der Waals surface area contributed by atoms with Crippen molar-refractivity contribution in [2.75, 3.05) is 18.9 Å². The first-order valence-electron chi connectivity index (χ1n) is 6.23. The Bertz CT molecular complexity index is 425. The highest BCUT2D eigenvalue weighted by Crippen LogP contribution is 2.09. The first-order valence-corrected chi connectivity index (χ1v) is 6.23. The lowest BCUT2D eigenvalue weighted by atomic mass is 10.2. The summed E-state index contributed by atoms with van der Waals surface area (Å²) in [6.07, 6.45) is 0.484. The average Bonchev–Trinajstić information content (AvgIpc) is 2.33. The van der Waals surface area contributed by atoms with Gasteiger partial charge in [0.25, 0.3) is 5.56 Å². The van der Waals surface area contributed by atoms with Crippen LogP contribution in [-0.4, -0.2) is 29.5 Å². The standard InChI is InChI=1S/C12H21N3O3/c1-4-9-14-11(13)8(12(16)15-9)7-10(17-5-2)18-6-3/h10H,4-7H2,1-3H3,(H3,13,14,15,16). The number of nitrogen functional groups attached to an aromatic ring is 1. The highest BCUT2D eigenvalue weighted by Gasteiger charge is 2.16. The smallest absolute Gasteiger partial charge is 0.256 e. The van der Waals surface area contributed by atoms with Crippen LogP contribution in [0.1, 0.15) is 32.2 Å². The van der Waals surface area contributed by atoms with E-state index in [1.807, 2.05) is 20.8 Å². The maximum atomic E-state index is 11.9. The first-order chi connectivity index (χ1) is 8.62. The third kappa shape index (κ3) is 3.82. The lowest BCUT2D eigenvalue weighted by molar-refractivity contribution is -0.134. The van der Waals surface area contributed by atoms with Crippen LogP contribution >= 0.6 is 0 Å². The number of aromatic nitrogens is 2. The maximum absolute atomic E-state index is 11.9. The molecule has 0 radical (unpaired) electrons. The van der Waals surface area contributed by atoms with Gasteiger partial charge in [-0.1, -0.05) is 6.92 Å². The second-order valence-electron chi connectivity index (χ2n) is 3.77. The molecule has 0 aliphatic carbocycles. The summed E-state index contributed by atoms with van der Waals surface area (Å²) in [6.45, 7) is 6.68. The van der Waals surface area contributed by atoms with E-state index in [9.17, 15) is 4.79 Å². The highest BCUT2D eigenvalue weighted by atomic mass is 16.7. The summed E-state index contributed by atoms with van der Waals surface area (Å²) < 4.78 is 10.8. The van der Waals surface area contributed by atoms with Crippen LogP contribution in [0, 0.1) is 0 Å². The summed E-state index contributed by atoms with van der Waals surface area (Å²) in [5, 5.41) is 0. The molecule has 102 valence electrons. The van der Waals surface area contributed by atoms with Crippen LogP contribution in [0.25, 0.3) is 0 Å². The molecule has 0 aromatic carbocycles. The molecular weight excluding hydrogens is 234 g/mol. The molecule has 0 atom stereocenters. The molecule has 1 heterocycles. The van der Waals surface area contributed by atoms with Crippen molar-refractivity contribution in [1.82, 2.24) is 9.97 Å². The van der Waals surface area contributed by atoms with Crippen molar-refractivity contribution in [2.45, 2.75) is 39.9 Å². The van der Waals surface area contributed by atoms with Crippen LogP contribution in [-0.2, 0) is 22.3 Å². The van der Waals surface area contributed by atoms with Gasteiger partial charge in [-0.3, -0.25) is 4.79 Å². The Kier molecular flexibility index (Phi) is 5.80. The van der Waals surface area contributed by atoms with Gasteiger partial charge >= 0.3 is 0 Å². The monoisotopic (exact) mass is 255 g/mol. The molecule has 1 aromatic rings. The number of anilines is 1. The SMILES string of the molecule is CCOC(Cc1c(N)nc(CC)[nH]c1=O)OCC. The van der Waals surface area contributed by atoms with Crippen LogP contribution in [0.5, 0.6) is 0 Å². The molecule has 0 saturated heterocycles. The molecule has 0 saturated carbocycles. The fourth-order valence-corrected chi connectivity index (χ4v) is 1.63. The van der Waals surface area contributed by atoms with Crippen molar-refractivity contribution in [3.63, 3.8) is 0 Å². The topological polar surface area (TPSA) is 90.2 Å². The minimum absolute atomic E-state index is 0.219. The number of H-pyrrole nitrogens is 1. The molecule has 0 aliphatic rings. The number of ether oxygens (including phenoxy) is 2. The molecule has 0 fully saturated rings. The lowest BCUT2D eigenvalue weighted by Crippen LogP contribution is -2.27. The molecule has 3 N–H and O–H groups in total. The van der Waals surface area contributed by atoms with Crippen LogP contribution < -0.4 is 11.3 Å². The molecule has 0 spiro atoms. The molecule has 0 unspecified atom stereocenters. The average molecular weight is 255 g/mol. The molecule has 0 aliphatic heterocycles. The van der Waals surface area contributed by atoms with Gasteiger partial charge in [-0.25, -0.2) is 4.98 Å². The zero-order valence-corrected chi connectivity index (χ0v) is 11.2. The Morgan fingerprint density at radius 1 is 1.28 bits per heavy atom. The van der Waals surface area contributed by atoms with Crippen molar-refractivity contribution < 1.29 is 9.47 Å². The fraction of sp³-hybridized carbons (Fsp3) is 0.667. The molecule has 1 aromatic heterocycles. The van der Waals surface area contributed by atoms with E-state index in [-0.39, 0.29) is 11.4 Å². The van der Waals surface area contributed by atoms with E-state index in [1.54, 1.807) is 0 Å². The molecular formula is C12H21N3O3. The zero-order chi connectivity index (χ0) is 13.5. The van der Waals surface area contributed by atoms with Crippen molar-refractivity contribution in [1.29, 1.82) is 0 Å². The Balaban J connectivity index is 2.91. The van der Waals surface area contributed by atoms with Gasteiger partial charge in [-0.15, -0.1) is 0 Å². The zero-order valence-electron chi connectivity index (χ0n) is 11.2. The number of aryl methyl sites for hydroxylation is 1. The second-order valence-corrected chi connectivity index (χ2v) is 3.77. The van der Waals surface area contributed by atoms with Crippen LogP contribution in [0.3, 0.4) is 0 Å². The van der Waals surface area contributed by atoms with Crippen LogP contribution in [0.15, 0.2) is 4.79 Å². The van der Waals surface area contributed by atoms with Crippen molar-refractivity contribution in [3.8, 4) is 0 Å². The van der Waals surface area contributed by atoms with Crippen LogP contribution in [0.4, 0.5) is 5.82 Å². The Morgan fingerprint density at radius 3 is 2.33 bits per heavy atom. The quantitative estimate of drug-likeness (QED) is 0.705. The minimum Gasteiger partial charge on any atom is -0.383 e. The maximum Gasteiger partial charge on any atom is 0.256 e. The van der Waals surface area contributed by atoms with E-state index < -0.39 is 6.29 Å². The summed E-state index contributed by atoms with van der Waals surface area (Å²) >= 11 is 0.